The van der Waals surface area contributed by atoms with Crippen molar-refractivity contribution in [3.05, 3.63) is 30.5 Å². The van der Waals surface area contributed by atoms with Crippen LogP contribution in [0.15, 0.2) is 15.7 Å². The van der Waals surface area contributed by atoms with Crippen LogP contribution in [0.4, 0.5) is 0 Å². The Kier molecular flexibility index (Phi) is 2.55. The lowest BCUT2D eigenvalue weighted by Gasteiger charge is -2.03. The summed E-state index contributed by atoms with van der Waals surface area (Å²) in [5, 5.41) is 1.89. The Balaban J connectivity index is 2.17. The number of thiazole rings is 1. The summed E-state index contributed by atoms with van der Waals surface area (Å²) in [6.45, 7) is 0. The normalized spacial score (nSPS) is 15.3. The van der Waals surface area contributed by atoms with E-state index in [-0.39, 0.29) is 5.56 Å². The first-order valence-electron chi connectivity index (χ1n) is 4.94. The highest BCUT2D eigenvalue weighted by Gasteiger charge is 2.29. The van der Waals surface area contributed by atoms with Gasteiger partial charge < -0.3 is 4.98 Å². The molecule has 0 saturated heterocycles. The summed E-state index contributed by atoms with van der Waals surface area (Å²) < 4.78 is 0.721. The largest absolute Gasteiger partial charge is 0.304 e. The predicted octanol–water partition coefficient (Wildman–Crippen LogP) is 2.38. The molecule has 2 aromatic heterocycles. The molecule has 1 fully saturated rings. The molecule has 1 aliphatic rings. The van der Waals surface area contributed by atoms with Gasteiger partial charge >= 0.3 is 0 Å². The molecule has 1 saturated carbocycles. The number of nitrogens with one attached hydrogen (secondary N) is 1. The zero-order valence-electron chi connectivity index (χ0n) is 8.24. The molecule has 1 N–H and O–H groups in total. The Labute approximate surface area is 109 Å². The maximum atomic E-state index is 11.8. The van der Waals surface area contributed by atoms with E-state index in [0.717, 1.165) is 27.8 Å². The summed E-state index contributed by atoms with van der Waals surface area (Å²) in [5.41, 5.74) is 3.37. The van der Waals surface area contributed by atoms with Gasteiger partial charge in [0.05, 0.1) is 11.2 Å². The van der Waals surface area contributed by atoms with Crippen molar-refractivity contribution < 1.29 is 0 Å². The zero-order valence-corrected chi connectivity index (χ0v) is 11.2. The van der Waals surface area contributed by atoms with Gasteiger partial charge in [0.25, 0.3) is 5.56 Å². The number of H-pyrrole nitrogens is 1. The summed E-state index contributed by atoms with van der Waals surface area (Å²) in [7, 11) is 0. The minimum absolute atomic E-state index is 0.0551. The highest BCUT2D eigenvalue weighted by molar-refractivity contribution is 14.1. The van der Waals surface area contributed by atoms with E-state index in [2.05, 4.69) is 37.5 Å². The molecule has 4 nitrogen and oxygen atoms in total. The Morgan fingerprint density at radius 1 is 1.50 bits per heavy atom. The van der Waals surface area contributed by atoms with Crippen LogP contribution < -0.4 is 5.56 Å². The van der Waals surface area contributed by atoms with E-state index in [0.29, 0.717) is 11.7 Å². The first-order chi connectivity index (χ1) is 7.75. The number of nitrogens with zero attached hydrogens (tertiary/aromatic N) is 2. The monoisotopic (exact) mass is 345 g/mol. The van der Waals surface area contributed by atoms with E-state index >= 15 is 0 Å². The number of aromatic amines is 1. The lowest BCUT2D eigenvalue weighted by atomic mass is 10.3. The second-order valence-corrected chi connectivity index (χ2v) is 5.56. The van der Waals surface area contributed by atoms with Crippen LogP contribution in [0.5, 0.6) is 0 Å². The van der Waals surface area contributed by atoms with Crippen LogP contribution in [-0.2, 0) is 0 Å². The molecule has 0 aliphatic heterocycles. The minimum Gasteiger partial charge on any atom is -0.304 e. The highest BCUT2D eigenvalue weighted by atomic mass is 127. The van der Waals surface area contributed by atoms with Gasteiger partial charge in [0.1, 0.15) is 9.26 Å². The molecule has 2 heterocycles. The van der Waals surface area contributed by atoms with Gasteiger partial charge in [0.15, 0.2) is 5.82 Å². The number of rotatable bonds is 2. The summed E-state index contributed by atoms with van der Waals surface area (Å²) in [4.78, 5) is 23.2. The molecule has 0 atom stereocenters. The van der Waals surface area contributed by atoms with Crippen molar-refractivity contribution in [1.82, 2.24) is 15.0 Å². The Bertz CT molecular complexity index is 574. The van der Waals surface area contributed by atoms with Gasteiger partial charge in [-0.25, -0.2) is 9.97 Å². The second kappa shape index (κ2) is 3.92. The third-order valence-electron chi connectivity index (χ3n) is 2.53. The average Bonchev–Trinajstić information content (AvgIpc) is 2.96. The third-order valence-corrected chi connectivity index (χ3v) is 4.16. The van der Waals surface area contributed by atoms with E-state index in [1.807, 2.05) is 5.38 Å². The molecule has 0 unspecified atom stereocenters. The standard InChI is InChI=1S/C10H8IN3OS/c11-7-8(5-1-2-5)13-9(14-10(7)15)6-3-16-4-12-6/h3-5H,1-2H2,(H,13,14,15). The molecular formula is C10H8IN3OS. The molecule has 0 radical (unpaired) electrons. The molecule has 0 bridgehead atoms. The van der Waals surface area contributed by atoms with Gasteiger partial charge in [-0.15, -0.1) is 11.3 Å². The van der Waals surface area contributed by atoms with E-state index in [9.17, 15) is 4.79 Å². The molecule has 0 amide bonds. The van der Waals surface area contributed by atoms with E-state index < -0.39 is 0 Å². The molecule has 82 valence electrons. The fraction of sp³-hybridized carbons (Fsp3) is 0.300. The first-order valence-corrected chi connectivity index (χ1v) is 6.96. The summed E-state index contributed by atoms with van der Waals surface area (Å²) >= 11 is 3.57. The topological polar surface area (TPSA) is 58.6 Å². The lowest BCUT2D eigenvalue weighted by Crippen LogP contribution is -2.16. The third kappa shape index (κ3) is 1.80. The van der Waals surface area contributed by atoms with Gasteiger partial charge in [-0.2, -0.15) is 0 Å². The van der Waals surface area contributed by atoms with Crippen LogP contribution in [0.25, 0.3) is 11.5 Å². The van der Waals surface area contributed by atoms with Gasteiger partial charge in [-0.3, -0.25) is 4.79 Å². The predicted molar refractivity (Wildman–Crippen MR) is 70.7 cm³/mol. The van der Waals surface area contributed by atoms with Crippen LogP contribution in [0, 0.1) is 3.57 Å². The van der Waals surface area contributed by atoms with Crippen molar-refractivity contribution in [2.75, 3.05) is 0 Å². The quantitative estimate of drug-likeness (QED) is 0.851. The Morgan fingerprint density at radius 2 is 2.31 bits per heavy atom. The smallest absolute Gasteiger partial charge is 0.264 e. The fourth-order valence-corrected chi connectivity index (χ4v) is 2.79. The van der Waals surface area contributed by atoms with Gasteiger partial charge in [0.2, 0.25) is 0 Å². The van der Waals surface area contributed by atoms with Crippen molar-refractivity contribution in [1.29, 1.82) is 0 Å². The molecule has 16 heavy (non-hydrogen) atoms. The second-order valence-electron chi connectivity index (χ2n) is 3.76. The Hall–Kier alpha value is -0.760. The van der Waals surface area contributed by atoms with Crippen LogP contribution in [0.1, 0.15) is 24.5 Å². The Morgan fingerprint density at radius 3 is 2.94 bits per heavy atom. The lowest BCUT2D eigenvalue weighted by molar-refractivity contribution is 0.954. The van der Waals surface area contributed by atoms with Crippen LogP contribution in [0.3, 0.4) is 0 Å². The van der Waals surface area contributed by atoms with Gasteiger partial charge in [-0.05, 0) is 35.4 Å². The average molecular weight is 345 g/mol. The van der Waals surface area contributed by atoms with Gasteiger partial charge in [0, 0.05) is 11.3 Å². The van der Waals surface area contributed by atoms with Crippen LogP contribution in [-0.4, -0.2) is 15.0 Å². The SMILES string of the molecule is O=c1[nH]c(-c2cscn2)nc(C2CC2)c1I. The fourth-order valence-electron chi connectivity index (χ4n) is 1.55. The highest BCUT2D eigenvalue weighted by Crippen LogP contribution is 2.40. The number of hydrogen-bond acceptors (Lipinski definition) is 4. The van der Waals surface area contributed by atoms with E-state index in [4.69, 9.17) is 0 Å². The van der Waals surface area contributed by atoms with E-state index in [1.165, 1.54) is 11.3 Å². The van der Waals surface area contributed by atoms with Crippen LogP contribution >= 0.6 is 33.9 Å². The maximum absolute atomic E-state index is 11.8. The summed E-state index contributed by atoms with van der Waals surface area (Å²) in [5.74, 6) is 1.07. The molecule has 3 rings (SSSR count). The first kappa shape index (κ1) is 10.4. The van der Waals surface area contributed by atoms with Crippen molar-refractivity contribution in [2.24, 2.45) is 0 Å². The molecule has 0 aromatic carbocycles. The number of aromatic nitrogens is 3. The summed E-state index contributed by atoms with van der Waals surface area (Å²) in [6.07, 6.45) is 2.28. The maximum Gasteiger partial charge on any atom is 0.264 e. The number of halogens is 1. The number of hydrogen-bond donors (Lipinski definition) is 1. The summed E-state index contributed by atoms with van der Waals surface area (Å²) in [6, 6.07) is 0. The van der Waals surface area contributed by atoms with Crippen molar-refractivity contribution >= 4 is 33.9 Å². The molecule has 1 aliphatic carbocycles. The van der Waals surface area contributed by atoms with Crippen LogP contribution in [0.2, 0.25) is 0 Å². The van der Waals surface area contributed by atoms with Crippen molar-refractivity contribution in [3.63, 3.8) is 0 Å². The molecule has 6 heteroatoms. The van der Waals surface area contributed by atoms with Crippen molar-refractivity contribution in [3.8, 4) is 11.5 Å². The van der Waals surface area contributed by atoms with Crippen molar-refractivity contribution in [2.45, 2.75) is 18.8 Å². The zero-order chi connectivity index (χ0) is 11.1. The van der Waals surface area contributed by atoms with E-state index in [1.54, 1.807) is 5.51 Å². The molecule has 2 aromatic rings. The van der Waals surface area contributed by atoms with Gasteiger partial charge in [-0.1, -0.05) is 0 Å². The molecular weight excluding hydrogens is 337 g/mol. The molecule has 0 spiro atoms. The minimum atomic E-state index is -0.0551.